The van der Waals surface area contributed by atoms with Crippen LogP contribution in [0, 0.1) is 17.2 Å². The van der Waals surface area contributed by atoms with E-state index in [0.717, 1.165) is 53.7 Å². The van der Waals surface area contributed by atoms with Crippen LogP contribution in [0.15, 0.2) is 23.2 Å². The summed E-state index contributed by atoms with van der Waals surface area (Å²) in [7, 11) is 0. The predicted molar refractivity (Wildman–Crippen MR) is 127 cm³/mol. The highest BCUT2D eigenvalue weighted by atomic mass is 32.2. The number of urea groups is 1. The fraction of sp³-hybridized carbons (Fsp3) is 0.500. The number of benzene rings is 1. The van der Waals surface area contributed by atoms with Gasteiger partial charge >= 0.3 is 6.03 Å². The van der Waals surface area contributed by atoms with Gasteiger partial charge in [0.25, 0.3) is 0 Å². The van der Waals surface area contributed by atoms with Crippen LogP contribution < -0.4 is 15.4 Å². The van der Waals surface area contributed by atoms with Crippen molar-refractivity contribution < 1.29 is 14.3 Å². The van der Waals surface area contributed by atoms with Crippen molar-refractivity contribution in [3.63, 3.8) is 0 Å². The lowest BCUT2D eigenvalue weighted by atomic mass is 9.99. The molecule has 1 unspecified atom stereocenters. The van der Waals surface area contributed by atoms with Crippen molar-refractivity contribution in [2.24, 2.45) is 10.9 Å². The van der Waals surface area contributed by atoms with E-state index in [-0.39, 0.29) is 24.0 Å². The van der Waals surface area contributed by atoms with Crippen LogP contribution in [0.2, 0.25) is 0 Å². The lowest BCUT2D eigenvalue weighted by molar-refractivity contribution is -0.109. The number of nitrogens with one attached hydrogen (secondary N) is 2. The molecule has 10 heteroatoms. The first-order chi connectivity index (χ1) is 15.7. The van der Waals surface area contributed by atoms with Gasteiger partial charge < -0.3 is 20.2 Å². The maximum absolute atomic E-state index is 11.5. The highest BCUT2D eigenvalue weighted by molar-refractivity contribution is 8.00. The number of amides is 2. The molecule has 32 heavy (non-hydrogen) atoms. The van der Waals surface area contributed by atoms with Crippen LogP contribution in [0.4, 0.5) is 4.79 Å². The Kier molecular flexibility index (Phi) is 7.60. The second-order valence-electron chi connectivity index (χ2n) is 7.87. The number of carbonyl (C=O) groups excluding carboxylic acids is 2. The summed E-state index contributed by atoms with van der Waals surface area (Å²) in [5.74, 6) is 1.53. The van der Waals surface area contributed by atoms with Gasteiger partial charge in [-0.05, 0) is 31.0 Å². The molecule has 3 heterocycles. The molecule has 1 aromatic carbocycles. The Morgan fingerprint density at radius 3 is 3.12 bits per heavy atom. The summed E-state index contributed by atoms with van der Waals surface area (Å²) in [6.45, 7) is 1.13. The third-order valence-electron chi connectivity index (χ3n) is 5.59. The number of fused-ring (bicyclic) bond motifs is 2. The standard InChI is InChI=1S/C22H25N5O3S2/c23-10-20-25-16-6-5-15(9-19(16)32-20)30-8-2-7-24-11-14(12-28)3-1-4-18-21-17(13-31-18)26-22(29)27-21/h5-6,9,11-12,14,17-18,21H,1-4,7-8,13H2,(H2,26,27,29)/t14?,17-,18-,21-/m0/s1. The number of thiazole rings is 1. The van der Waals surface area contributed by atoms with E-state index in [9.17, 15) is 9.59 Å². The molecule has 0 radical (unpaired) electrons. The van der Waals surface area contributed by atoms with Gasteiger partial charge in [-0.15, -0.1) is 11.3 Å². The number of nitrogens with zero attached hydrogens (tertiary/aromatic N) is 3. The average molecular weight is 472 g/mol. The highest BCUT2D eigenvalue weighted by Crippen LogP contribution is 2.33. The number of aldehydes is 1. The number of hydrogen-bond donors (Lipinski definition) is 2. The Morgan fingerprint density at radius 1 is 1.38 bits per heavy atom. The number of thioether (sulfide) groups is 1. The maximum atomic E-state index is 11.5. The molecule has 2 aromatic rings. The van der Waals surface area contributed by atoms with Gasteiger partial charge in [0.1, 0.15) is 18.1 Å². The summed E-state index contributed by atoms with van der Waals surface area (Å²) < 4.78 is 6.70. The second kappa shape index (κ2) is 10.8. The second-order valence-corrected chi connectivity index (χ2v) is 10.2. The lowest BCUT2D eigenvalue weighted by Crippen LogP contribution is -2.36. The Balaban J connectivity index is 1.12. The molecule has 2 amide bonds. The van der Waals surface area contributed by atoms with Gasteiger partial charge in [-0.1, -0.05) is 6.42 Å². The molecule has 2 fully saturated rings. The van der Waals surface area contributed by atoms with E-state index in [1.54, 1.807) is 6.21 Å². The van der Waals surface area contributed by atoms with Crippen molar-refractivity contribution in [3.05, 3.63) is 23.2 Å². The summed E-state index contributed by atoms with van der Waals surface area (Å²) >= 11 is 3.25. The van der Waals surface area contributed by atoms with Crippen LogP contribution in [0.1, 0.15) is 30.7 Å². The molecule has 8 nitrogen and oxygen atoms in total. The maximum Gasteiger partial charge on any atom is 0.315 e. The molecule has 0 saturated carbocycles. The summed E-state index contributed by atoms with van der Waals surface area (Å²) in [5, 5.41) is 15.8. The van der Waals surface area contributed by atoms with E-state index >= 15 is 0 Å². The molecule has 2 saturated heterocycles. The van der Waals surface area contributed by atoms with E-state index in [2.05, 4.69) is 26.7 Å². The number of hydrogen-bond acceptors (Lipinski definition) is 8. The van der Waals surface area contributed by atoms with Gasteiger partial charge in [-0.2, -0.15) is 17.0 Å². The minimum absolute atomic E-state index is 0.0654. The first kappa shape index (κ1) is 22.6. The third-order valence-corrected chi connectivity index (χ3v) is 8.02. The zero-order valence-electron chi connectivity index (χ0n) is 17.5. The molecule has 0 aliphatic carbocycles. The average Bonchev–Trinajstić information content (AvgIpc) is 3.48. The number of nitriles is 1. The SMILES string of the molecule is N#Cc1nc2ccc(OCCCN=CC(C=O)CCC[C@@H]3SC[C@@H]4NC(=O)N[C@@H]43)cc2s1. The lowest BCUT2D eigenvalue weighted by Gasteiger charge is -2.16. The van der Waals surface area contributed by atoms with Crippen molar-refractivity contribution in [2.75, 3.05) is 18.9 Å². The first-order valence-corrected chi connectivity index (χ1v) is 12.6. The van der Waals surface area contributed by atoms with Gasteiger partial charge in [0.15, 0.2) is 5.01 Å². The molecule has 4 atom stereocenters. The van der Waals surface area contributed by atoms with Crippen LogP contribution >= 0.6 is 23.1 Å². The quantitative estimate of drug-likeness (QED) is 0.225. The Morgan fingerprint density at radius 2 is 2.28 bits per heavy atom. The summed E-state index contributed by atoms with van der Waals surface area (Å²) in [6, 6.07) is 8.05. The molecule has 1 aromatic heterocycles. The van der Waals surface area contributed by atoms with Crippen molar-refractivity contribution >= 4 is 51.8 Å². The molecule has 0 spiro atoms. The zero-order valence-corrected chi connectivity index (χ0v) is 19.2. The van der Waals surface area contributed by atoms with E-state index in [0.29, 0.717) is 23.4 Å². The van der Waals surface area contributed by atoms with Crippen molar-refractivity contribution in [3.8, 4) is 11.8 Å². The smallest absolute Gasteiger partial charge is 0.315 e. The molecule has 2 N–H and O–H groups in total. The van der Waals surface area contributed by atoms with Crippen molar-refractivity contribution in [1.82, 2.24) is 15.6 Å². The van der Waals surface area contributed by atoms with Crippen LogP contribution in [0.3, 0.4) is 0 Å². The normalized spacial score (nSPS) is 23.0. The number of rotatable bonds is 11. The van der Waals surface area contributed by atoms with Crippen LogP contribution in [0.25, 0.3) is 10.2 Å². The Bertz CT molecular complexity index is 1030. The van der Waals surface area contributed by atoms with Gasteiger partial charge in [0.05, 0.1) is 28.9 Å². The zero-order chi connectivity index (χ0) is 22.3. The Hall–Kier alpha value is -2.64. The molecular weight excluding hydrogens is 446 g/mol. The molecule has 4 rings (SSSR count). The molecular formula is C22H25N5O3S2. The van der Waals surface area contributed by atoms with E-state index < -0.39 is 0 Å². The largest absolute Gasteiger partial charge is 0.493 e. The fourth-order valence-corrected chi connectivity index (χ4v) is 6.31. The number of ether oxygens (including phenoxy) is 1. The minimum Gasteiger partial charge on any atom is -0.493 e. The monoisotopic (exact) mass is 471 g/mol. The summed E-state index contributed by atoms with van der Waals surface area (Å²) in [4.78, 5) is 31.4. The van der Waals surface area contributed by atoms with Crippen molar-refractivity contribution in [2.45, 2.75) is 43.0 Å². The fourth-order valence-electron chi connectivity index (χ4n) is 3.97. The minimum atomic E-state index is -0.169. The first-order valence-electron chi connectivity index (χ1n) is 10.7. The number of carbonyl (C=O) groups is 2. The van der Waals surface area contributed by atoms with Crippen LogP contribution in [-0.4, -0.2) is 59.8 Å². The van der Waals surface area contributed by atoms with Crippen molar-refractivity contribution in [1.29, 1.82) is 5.26 Å². The van der Waals surface area contributed by atoms with E-state index in [4.69, 9.17) is 10.00 Å². The topological polar surface area (TPSA) is 116 Å². The Labute approximate surface area is 194 Å². The predicted octanol–water partition coefficient (Wildman–Crippen LogP) is 3.16. The summed E-state index contributed by atoms with van der Waals surface area (Å²) in [6.07, 6.45) is 6.16. The highest BCUT2D eigenvalue weighted by Gasteiger charge is 2.42. The van der Waals surface area contributed by atoms with Gasteiger partial charge in [-0.25, -0.2) is 9.78 Å². The number of aliphatic imine (C=N–C) groups is 1. The third kappa shape index (κ3) is 5.58. The van der Waals surface area contributed by atoms with Crippen LogP contribution in [-0.2, 0) is 4.79 Å². The van der Waals surface area contributed by atoms with Gasteiger partial charge in [0.2, 0.25) is 0 Å². The molecule has 168 valence electrons. The van der Waals surface area contributed by atoms with E-state index in [1.807, 2.05) is 30.0 Å². The molecule has 0 bridgehead atoms. The molecule has 2 aliphatic rings. The van der Waals surface area contributed by atoms with Crippen LogP contribution in [0.5, 0.6) is 5.75 Å². The van der Waals surface area contributed by atoms with Gasteiger partial charge in [0, 0.05) is 36.1 Å². The molecule has 2 aliphatic heterocycles. The summed E-state index contributed by atoms with van der Waals surface area (Å²) in [5.41, 5.74) is 0.805. The van der Waals surface area contributed by atoms with E-state index in [1.165, 1.54) is 11.3 Å². The number of aromatic nitrogens is 1. The van der Waals surface area contributed by atoms with Gasteiger partial charge in [-0.3, -0.25) is 4.99 Å².